The van der Waals surface area contributed by atoms with Gasteiger partial charge in [0.15, 0.2) is 0 Å². The number of rotatable bonds is 6. The summed E-state index contributed by atoms with van der Waals surface area (Å²) >= 11 is 5.84. The van der Waals surface area contributed by atoms with Crippen molar-refractivity contribution in [1.82, 2.24) is 4.90 Å². The van der Waals surface area contributed by atoms with Crippen molar-refractivity contribution in [1.29, 1.82) is 0 Å². The highest BCUT2D eigenvalue weighted by Crippen LogP contribution is 2.19. The van der Waals surface area contributed by atoms with Crippen molar-refractivity contribution in [3.05, 3.63) is 28.8 Å². The zero-order valence-electron chi connectivity index (χ0n) is 9.62. The molecule has 0 aromatic heterocycles. The van der Waals surface area contributed by atoms with Crippen LogP contribution in [0.4, 0.5) is 5.69 Å². The van der Waals surface area contributed by atoms with E-state index in [2.05, 4.69) is 11.8 Å². The molecule has 0 unspecified atom stereocenters. The monoisotopic (exact) mass is 242 g/mol. The number of aliphatic hydroxyl groups is 1. The van der Waals surface area contributed by atoms with Gasteiger partial charge in [0.05, 0.1) is 6.61 Å². The Morgan fingerprint density at radius 3 is 2.69 bits per heavy atom. The van der Waals surface area contributed by atoms with E-state index in [1.165, 1.54) is 0 Å². The maximum Gasteiger partial charge on any atom is 0.0558 e. The van der Waals surface area contributed by atoms with E-state index >= 15 is 0 Å². The van der Waals surface area contributed by atoms with Gasteiger partial charge in [0, 0.05) is 23.8 Å². The summed E-state index contributed by atoms with van der Waals surface area (Å²) in [6, 6.07) is 5.55. The molecule has 1 aromatic rings. The number of nitrogens with zero attached hydrogens (tertiary/aromatic N) is 1. The molecule has 0 spiro atoms. The van der Waals surface area contributed by atoms with Gasteiger partial charge < -0.3 is 10.8 Å². The standard InChI is InChI=1S/C12H19ClN2O/c1-2-5-15(6-7-16)9-10-3-4-11(13)8-12(10)14/h3-4,8,16H,2,5-7,9,14H2,1H3. The fourth-order valence-corrected chi connectivity index (χ4v) is 1.86. The maximum atomic E-state index is 8.96. The van der Waals surface area contributed by atoms with Gasteiger partial charge in [0.1, 0.15) is 0 Å². The summed E-state index contributed by atoms with van der Waals surface area (Å²) in [5.41, 5.74) is 7.66. The summed E-state index contributed by atoms with van der Waals surface area (Å²) in [7, 11) is 0. The molecule has 0 aliphatic heterocycles. The van der Waals surface area contributed by atoms with Gasteiger partial charge in [-0.2, -0.15) is 0 Å². The predicted molar refractivity (Wildman–Crippen MR) is 68.5 cm³/mol. The molecule has 3 N–H and O–H groups in total. The van der Waals surface area contributed by atoms with Crippen molar-refractivity contribution in [2.75, 3.05) is 25.4 Å². The summed E-state index contributed by atoms with van der Waals surface area (Å²) in [6.45, 7) is 4.69. The highest BCUT2D eigenvalue weighted by Gasteiger charge is 2.07. The van der Waals surface area contributed by atoms with Gasteiger partial charge in [0.25, 0.3) is 0 Å². The summed E-state index contributed by atoms with van der Waals surface area (Å²) in [5.74, 6) is 0. The molecular formula is C12H19ClN2O. The molecule has 3 nitrogen and oxygen atoms in total. The van der Waals surface area contributed by atoms with E-state index in [1.54, 1.807) is 6.07 Å². The van der Waals surface area contributed by atoms with Crippen LogP contribution in [0.3, 0.4) is 0 Å². The number of hydrogen-bond donors (Lipinski definition) is 2. The van der Waals surface area contributed by atoms with Crippen molar-refractivity contribution in [3.8, 4) is 0 Å². The quantitative estimate of drug-likeness (QED) is 0.752. The summed E-state index contributed by atoms with van der Waals surface area (Å²) < 4.78 is 0. The van der Waals surface area contributed by atoms with Crippen molar-refractivity contribution in [3.63, 3.8) is 0 Å². The van der Waals surface area contributed by atoms with Gasteiger partial charge in [0.2, 0.25) is 0 Å². The molecule has 0 bridgehead atoms. The van der Waals surface area contributed by atoms with Crippen molar-refractivity contribution in [2.24, 2.45) is 0 Å². The number of anilines is 1. The Labute approximate surface area is 102 Å². The smallest absolute Gasteiger partial charge is 0.0558 e. The van der Waals surface area contributed by atoms with Crippen LogP contribution in [-0.2, 0) is 6.54 Å². The normalized spacial score (nSPS) is 11.0. The fourth-order valence-electron chi connectivity index (χ4n) is 1.68. The lowest BCUT2D eigenvalue weighted by Crippen LogP contribution is -2.27. The zero-order chi connectivity index (χ0) is 12.0. The number of hydrogen-bond acceptors (Lipinski definition) is 3. The van der Waals surface area contributed by atoms with E-state index in [0.717, 1.165) is 25.1 Å². The average Bonchev–Trinajstić information content (AvgIpc) is 2.23. The van der Waals surface area contributed by atoms with Gasteiger partial charge in [-0.1, -0.05) is 24.6 Å². The molecule has 0 fully saturated rings. The first-order chi connectivity index (χ1) is 7.67. The first kappa shape index (κ1) is 13.3. The zero-order valence-corrected chi connectivity index (χ0v) is 10.4. The van der Waals surface area contributed by atoms with E-state index in [9.17, 15) is 0 Å². The first-order valence-corrected chi connectivity index (χ1v) is 5.92. The van der Waals surface area contributed by atoms with Crippen LogP contribution in [0.5, 0.6) is 0 Å². The van der Waals surface area contributed by atoms with Crippen LogP contribution in [0.2, 0.25) is 5.02 Å². The van der Waals surface area contributed by atoms with Gasteiger partial charge in [-0.15, -0.1) is 0 Å². The molecule has 0 amide bonds. The Morgan fingerprint density at radius 1 is 1.38 bits per heavy atom. The lowest BCUT2D eigenvalue weighted by Gasteiger charge is -2.21. The molecule has 16 heavy (non-hydrogen) atoms. The summed E-state index contributed by atoms with van der Waals surface area (Å²) in [5, 5.41) is 9.62. The maximum absolute atomic E-state index is 8.96. The SMILES string of the molecule is CCCN(CCO)Cc1ccc(Cl)cc1N. The summed E-state index contributed by atoms with van der Waals surface area (Å²) in [4.78, 5) is 2.18. The van der Waals surface area contributed by atoms with E-state index in [1.807, 2.05) is 12.1 Å². The average molecular weight is 243 g/mol. The van der Waals surface area contributed by atoms with E-state index in [0.29, 0.717) is 17.3 Å². The molecule has 4 heteroatoms. The minimum Gasteiger partial charge on any atom is -0.398 e. The third kappa shape index (κ3) is 4.00. The van der Waals surface area contributed by atoms with Crippen LogP contribution in [-0.4, -0.2) is 29.7 Å². The second-order valence-corrected chi connectivity index (χ2v) is 4.28. The third-order valence-corrected chi connectivity index (χ3v) is 2.69. The second-order valence-electron chi connectivity index (χ2n) is 3.84. The first-order valence-electron chi connectivity index (χ1n) is 5.54. The molecule has 0 radical (unpaired) electrons. The molecule has 0 atom stereocenters. The van der Waals surface area contributed by atoms with Crippen LogP contribution in [0, 0.1) is 0 Å². The van der Waals surface area contributed by atoms with Crippen molar-refractivity contribution < 1.29 is 5.11 Å². The third-order valence-electron chi connectivity index (χ3n) is 2.46. The highest BCUT2D eigenvalue weighted by molar-refractivity contribution is 6.30. The number of nitrogens with two attached hydrogens (primary N) is 1. The van der Waals surface area contributed by atoms with Crippen LogP contribution in [0.25, 0.3) is 0 Å². The molecular weight excluding hydrogens is 224 g/mol. The minimum atomic E-state index is 0.174. The fraction of sp³-hybridized carbons (Fsp3) is 0.500. The highest BCUT2D eigenvalue weighted by atomic mass is 35.5. The minimum absolute atomic E-state index is 0.174. The van der Waals surface area contributed by atoms with Crippen LogP contribution >= 0.6 is 11.6 Å². The van der Waals surface area contributed by atoms with Crippen LogP contribution in [0.1, 0.15) is 18.9 Å². The molecule has 0 saturated carbocycles. The molecule has 1 rings (SSSR count). The predicted octanol–water partition coefficient (Wildman–Crippen LogP) is 2.13. The Morgan fingerprint density at radius 2 is 2.12 bits per heavy atom. The number of halogens is 1. The Hall–Kier alpha value is -0.770. The summed E-state index contributed by atoms with van der Waals surface area (Å²) in [6.07, 6.45) is 1.06. The Bertz CT molecular complexity index is 325. The lowest BCUT2D eigenvalue weighted by molar-refractivity contribution is 0.190. The molecule has 0 aliphatic rings. The molecule has 90 valence electrons. The van der Waals surface area contributed by atoms with Crippen LogP contribution < -0.4 is 5.73 Å². The van der Waals surface area contributed by atoms with Gasteiger partial charge in [-0.05, 0) is 30.7 Å². The largest absolute Gasteiger partial charge is 0.398 e. The second kappa shape index (κ2) is 6.74. The van der Waals surface area contributed by atoms with Crippen molar-refractivity contribution >= 4 is 17.3 Å². The van der Waals surface area contributed by atoms with Crippen LogP contribution in [0.15, 0.2) is 18.2 Å². The van der Waals surface area contributed by atoms with Gasteiger partial charge >= 0.3 is 0 Å². The number of aliphatic hydroxyl groups excluding tert-OH is 1. The lowest BCUT2D eigenvalue weighted by atomic mass is 10.1. The van der Waals surface area contributed by atoms with Gasteiger partial charge in [-0.25, -0.2) is 0 Å². The number of benzene rings is 1. The molecule has 0 saturated heterocycles. The topological polar surface area (TPSA) is 49.5 Å². The van der Waals surface area contributed by atoms with E-state index < -0.39 is 0 Å². The Balaban J connectivity index is 2.68. The number of nitrogen functional groups attached to an aromatic ring is 1. The molecule has 1 aromatic carbocycles. The van der Waals surface area contributed by atoms with Crippen molar-refractivity contribution in [2.45, 2.75) is 19.9 Å². The Kier molecular flexibility index (Phi) is 5.60. The van der Waals surface area contributed by atoms with E-state index in [-0.39, 0.29) is 6.61 Å². The van der Waals surface area contributed by atoms with Gasteiger partial charge in [-0.3, -0.25) is 4.90 Å². The molecule has 0 aliphatic carbocycles. The van der Waals surface area contributed by atoms with E-state index in [4.69, 9.17) is 22.4 Å². The molecule has 0 heterocycles.